The lowest BCUT2D eigenvalue weighted by atomic mass is 10.0. The van der Waals surface area contributed by atoms with Crippen molar-refractivity contribution in [1.29, 1.82) is 0 Å². The van der Waals surface area contributed by atoms with Gasteiger partial charge in [-0.3, -0.25) is 4.90 Å². The Bertz CT molecular complexity index is 463. The number of hydrogen-bond acceptors (Lipinski definition) is 2. The van der Waals surface area contributed by atoms with Crippen LogP contribution in [0.1, 0.15) is 48.8 Å². The third kappa shape index (κ3) is 3.87. The molecule has 0 aromatic heterocycles. The molecule has 0 N–H and O–H groups in total. The van der Waals surface area contributed by atoms with E-state index in [1.54, 1.807) is 0 Å². The van der Waals surface area contributed by atoms with Crippen LogP contribution in [-0.4, -0.2) is 42.0 Å². The van der Waals surface area contributed by atoms with Crippen LogP contribution in [-0.2, 0) is 6.54 Å². The van der Waals surface area contributed by atoms with Crippen molar-refractivity contribution in [1.82, 2.24) is 9.80 Å². The predicted molar refractivity (Wildman–Crippen MR) is 89.6 cm³/mol. The molecule has 2 saturated heterocycles. The van der Waals surface area contributed by atoms with Crippen LogP contribution in [0.25, 0.3) is 0 Å². The molecule has 3 rings (SSSR count). The molecular weight excluding hydrogens is 256 g/mol. The molecule has 2 heteroatoms. The highest BCUT2D eigenvalue weighted by molar-refractivity contribution is 5.30. The van der Waals surface area contributed by atoms with Crippen molar-refractivity contribution in [3.8, 4) is 0 Å². The van der Waals surface area contributed by atoms with E-state index >= 15 is 0 Å². The van der Waals surface area contributed by atoms with Crippen LogP contribution < -0.4 is 0 Å². The van der Waals surface area contributed by atoms with Gasteiger partial charge in [-0.2, -0.15) is 0 Å². The van der Waals surface area contributed by atoms with Gasteiger partial charge in [-0.25, -0.2) is 0 Å². The summed E-state index contributed by atoms with van der Waals surface area (Å²) in [5.41, 5.74) is 4.37. The maximum atomic E-state index is 2.73. The van der Waals surface area contributed by atoms with E-state index in [-0.39, 0.29) is 0 Å². The summed E-state index contributed by atoms with van der Waals surface area (Å²) in [5.74, 6) is 0. The van der Waals surface area contributed by atoms with Gasteiger partial charge < -0.3 is 4.90 Å². The summed E-state index contributed by atoms with van der Waals surface area (Å²) in [5, 5.41) is 0. The number of likely N-dealkylation sites (tertiary alicyclic amines) is 2. The summed E-state index contributed by atoms with van der Waals surface area (Å²) >= 11 is 0. The van der Waals surface area contributed by atoms with Crippen molar-refractivity contribution in [3.63, 3.8) is 0 Å². The Hall–Kier alpha value is -0.860. The molecule has 2 heterocycles. The summed E-state index contributed by atoms with van der Waals surface area (Å²) in [7, 11) is 0. The summed E-state index contributed by atoms with van der Waals surface area (Å²) < 4.78 is 0. The van der Waals surface area contributed by atoms with Crippen LogP contribution in [0.2, 0.25) is 0 Å². The van der Waals surface area contributed by atoms with Crippen LogP contribution in [0.5, 0.6) is 0 Å². The Morgan fingerprint density at radius 3 is 2.62 bits per heavy atom. The molecule has 21 heavy (non-hydrogen) atoms. The summed E-state index contributed by atoms with van der Waals surface area (Å²) in [6.45, 7) is 10.8. The molecule has 1 atom stereocenters. The molecule has 1 unspecified atom stereocenters. The van der Waals surface area contributed by atoms with Crippen LogP contribution in [0.4, 0.5) is 0 Å². The van der Waals surface area contributed by atoms with Crippen LogP contribution in [0, 0.1) is 13.8 Å². The molecule has 2 fully saturated rings. The van der Waals surface area contributed by atoms with Gasteiger partial charge in [-0.05, 0) is 70.3 Å². The Labute approximate surface area is 130 Å². The maximum absolute atomic E-state index is 2.73. The number of benzene rings is 1. The minimum absolute atomic E-state index is 0.781. The average molecular weight is 286 g/mol. The largest absolute Gasteiger partial charge is 0.302 e. The predicted octanol–water partition coefficient (Wildman–Crippen LogP) is 3.75. The normalized spacial score (nSPS) is 24.6. The monoisotopic (exact) mass is 286 g/mol. The van der Waals surface area contributed by atoms with Crippen LogP contribution >= 0.6 is 0 Å². The summed E-state index contributed by atoms with van der Waals surface area (Å²) in [6.07, 6.45) is 7.02. The molecule has 0 amide bonds. The fourth-order valence-electron chi connectivity index (χ4n) is 3.94. The Morgan fingerprint density at radius 1 is 1.00 bits per heavy atom. The van der Waals surface area contributed by atoms with Gasteiger partial charge in [0.1, 0.15) is 0 Å². The van der Waals surface area contributed by atoms with Crippen molar-refractivity contribution in [2.24, 2.45) is 0 Å². The first kappa shape index (κ1) is 15.1. The lowest BCUT2D eigenvalue weighted by molar-refractivity contribution is 0.149. The van der Waals surface area contributed by atoms with E-state index in [2.05, 4.69) is 41.8 Å². The first-order valence-electron chi connectivity index (χ1n) is 8.75. The minimum Gasteiger partial charge on any atom is -0.302 e. The van der Waals surface area contributed by atoms with E-state index in [0.717, 1.165) is 12.6 Å². The van der Waals surface area contributed by atoms with Gasteiger partial charge >= 0.3 is 0 Å². The topological polar surface area (TPSA) is 6.48 Å². The van der Waals surface area contributed by atoms with Gasteiger partial charge in [0.2, 0.25) is 0 Å². The van der Waals surface area contributed by atoms with Gasteiger partial charge in [-0.15, -0.1) is 0 Å². The number of rotatable bonds is 4. The standard InChI is InChI=1S/C19H30N2/c1-16-8-9-17(2)18(13-16)14-21-12-6-7-19(21)15-20-10-4-3-5-11-20/h8-9,13,19H,3-7,10-12,14-15H2,1-2H3. The third-order valence-corrected chi connectivity index (χ3v) is 5.29. The SMILES string of the molecule is Cc1ccc(C)c(CN2CCCC2CN2CCCCC2)c1. The van der Waals surface area contributed by atoms with E-state index in [1.807, 2.05) is 0 Å². The molecule has 0 aliphatic carbocycles. The second-order valence-corrected chi connectivity index (χ2v) is 7.06. The number of aryl methyl sites for hydroxylation is 2. The van der Waals surface area contributed by atoms with E-state index in [9.17, 15) is 0 Å². The zero-order chi connectivity index (χ0) is 14.7. The van der Waals surface area contributed by atoms with Crippen LogP contribution in [0.15, 0.2) is 18.2 Å². The van der Waals surface area contributed by atoms with Gasteiger partial charge in [0, 0.05) is 19.1 Å². The lowest BCUT2D eigenvalue weighted by Crippen LogP contribution is -2.42. The van der Waals surface area contributed by atoms with E-state index in [0.29, 0.717) is 0 Å². The molecule has 1 aromatic carbocycles. The second-order valence-electron chi connectivity index (χ2n) is 7.06. The van der Waals surface area contributed by atoms with E-state index < -0.39 is 0 Å². The number of hydrogen-bond donors (Lipinski definition) is 0. The van der Waals surface area contributed by atoms with Crippen molar-refractivity contribution < 1.29 is 0 Å². The third-order valence-electron chi connectivity index (χ3n) is 5.29. The maximum Gasteiger partial charge on any atom is 0.0239 e. The first-order valence-corrected chi connectivity index (χ1v) is 8.75. The van der Waals surface area contributed by atoms with Gasteiger partial charge in [0.25, 0.3) is 0 Å². The smallest absolute Gasteiger partial charge is 0.0239 e. The number of piperidine rings is 1. The van der Waals surface area contributed by atoms with Crippen molar-refractivity contribution >= 4 is 0 Å². The highest BCUT2D eigenvalue weighted by Gasteiger charge is 2.27. The summed E-state index contributed by atoms with van der Waals surface area (Å²) in [4.78, 5) is 5.44. The fourth-order valence-corrected chi connectivity index (χ4v) is 3.94. The molecule has 0 radical (unpaired) electrons. The second kappa shape index (κ2) is 6.93. The highest BCUT2D eigenvalue weighted by atomic mass is 15.2. The average Bonchev–Trinajstić information content (AvgIpc) is 2.91. The summed E-state index contributed by atoms with van der Waals surface area (Å²) in [6, 6.07) is 7.67. The molecule has 0 bridgehead atoms. The molecule has 0 saturated carbocycles. The molecule has 116 valence electrons. The Kier molecular flexibility index (Phi) is 4.97. The van der Waals surface area contributed by atoms with Crippen molar-refractivity contribution in [2.45, 2.75) is 58.5 Å². The first-order chi connectivity index (χ1) is 10.2. The van der Waals surface area contributed by atoms with Crippen molar-refractivity contribution in [2.75, 3.05) is 26.2 Å². The van der Waals surface area contributed by atoms with E-state index in [4.69, 9.17) is 0 Å². The molecule has 2 nitrogen and oxygen atoms in total. The van der Waals surface area contributed by atoms with Gasteiger partial charge in [0.15, 0.2) is 0 Å². The molecule has 2 aliphatic heterocycles. The Balaban J connectivity index is 1.62. The highest BCUT2D eigenvalue weighted by Crippen LogP contribution is 2.23. The van der Waals surface area contributed by atoms with Gasteiger partial charge in [-0.1, -0.05) is 30.2 Å². The zero-order valence-electron chi connectivity index (χ0n) is 13.8. The fraction of sp³-hybridized carbons (Fsp3) is 0.684. The van der Waals surface area contributed by atoms with Crippen LogP contribution in [0.3, 0.4) is 0 Å². The molecule has 2 aliphatic rings. The van der Waals surface area contributed by atoms with Crippen molar-refractivity contribution in [3.05, 3.63) is 34.9 Å². The number of nitrogens with zero attached hydrogens (tertiary/aromatic N) is 2. The molecular formula is C19H30N2. The molecule has 0 spiro atoms. The Morgan fingerprint density at radius 2 is 1.81 bits per heavy atom. The minimum atomic E-state index is 0.781. The zero-order valence-corrected chi connectivity index (χ0v) is 13.8. The van der Waals surface area contributed by atoms with E-state index in [1.165, 1.54) is 75.0 Å². The quantitative estimate of drug-likeness (QED) is 0.831. The molecule has 1 aromatic rings. The van der Waals surface area contributed by atoms with Gasteiger partial charge in [0.05, 0.1) is 0 Å². The lowest BCUT2D eigenvalue weighted by Gasteiger charge is -2.33.